The number of carbonyl (C=O) groups excluding carboxylic acids is 1. The van der Waals surface area contributed by atoms with E-state index in [-0.39, 0.29) is 5.91 Å². The van der Waals surface area contributed by atoms with Crippen molar-refractivity contribution in [3.8, 4) is 0 Å². The van der Waals surface area contributed by atoms with Crippen LogP contribution in [0.4, 0.5) is 5.69 Å². The molecule has 1 amide bonds. The van der Waals surface area contributed by atoms with Crippen LogP contribution in [-0.4, -0.2) is 48.9 Å². The molecular weight excluding hydrogens is 262 g/mol. The highest BCUT2D eigenvalue weighted by atomic mass is 16.2. The van der Waals surface area contributed by atoms with Crippen molar-refractivity contribution >= 4 is 11.6 Å². The van der Waals surface area contributed by atoms with E-state index in [9.17, 15) is 4.79 Å². The minimum atomic E-state index is 0.133. The third-order valence-electron chi connectivity index (χ3n) is 4.31. The molecule has 1 aliphatic carbocycles. The quantitative estimate of drug-likeness (QED) is 0.847. The maximum Gasteiger partial charge on any atom is 0.254 e. The van der Waals surface area contributed by atoms with E-state index in [0.717, 1.165) is 37.1 Å². The Labute approximate surface area is 127 Å². The van der Waals surface area contributed by atoms with Gasteiger partial charge in [0.15, 0.2) is 0 Å². The van der Waals surface area contributed by atoms with Crippen LogP contribution in [0.3, 0.4) is 0 Å². The van der Waals surface area contributed by atoms with Crippen molar-refractivity contribution in [2.24, 2.45) is 0 Å². The molecular formula is C17H27N3O. The Bertz CT molecular complexity index is 493. The van der Waals surface area contributed by atoms with Gasteiger partial charge >= 0.3 is 0 Å². The normalized spacial score (nSPS) is 15.6. The molecule has 0 spiro atoms. The number of likely N-dealkylation sites (N-methyl/N-ethyl adjacent to an activating group) is 1. The van der Waals surface area contributed by atoms with E-state index < -0.39 is 0 Å². The topological polar surface area (TPSA) is 49.6 Å². The molecule has 1 aliphatic rings. The summed E-state index contributed by atoms with van der Waals surface area (Å²) in [6.45, 7) is 3.65. The zero-order chi connectivity index (χ0) is 15.4. The molecule has 0 heterocycles. The lowest BCUT2D eigenvalue weighted by molar-refractivity contribution is 0.0667. The summed E-state index contributed by atoms with van der Waals surface area (Å²) in [4.78, 5) is 17.2. The number of nitrogen functional groups attached to an aromatic ring is 1. The summed E-state index contributed by atoms with van der Waals surface area (Å²) in [6, 6.07) is 5.99. The number of nitrogens with zero attached hydrogens (tertiary/aromatic N) is 2. The van der Waals surface area contributed by atoms with Crippen LogP contribution in [0.2, 0.25) is 0 Å². The van der Waals surface area contributed by atoms with Gasteiger partial charge in [-0.15, -0.1) is 0 Å². The summed E-state index contributed by atoms with van der Waals surface area (Å²) in [5.74, 6) is 0.133. The second-order valence-corrected chi connectivity index (χ2v) is 6.31. The average molecular weight is 289 g/mol. The number of anilines is 1. The lowest BCUT2D eigenvalue weighted by Gasteiger charge is -2.31. The van der Waals surface area contributed by atoms with Gasteiger partial charge < -0.3 is 15.5 Å². The summed E-state index contributed by atoms with van der Waals surface area (Å²) < 4.78 is 0. The predicted octanol–water partition coefficient (Wildman–Crippen LogP) is 2.52. The Morgan fingerprint density at radius 3 is 2.52 bits per heavy atom. The number of carbonyl (C=O) groups is 1. The molecule has 0 bridgehead atoms. The van der Waals surface area contributed by atoms with Crippen LogP contribution < -0.4 is 5.73 Å². The Hall–Kier alpha value is -1.55. The minimum absolute atomic E-state index is 0.133. The van der Waals surface area contributed by atoms with Gasteiger partial charge in [0.25, 0.3) is 5.91 Å². The van der Waals surface area contributed by atoms with Crippen LogP contribution in [0.5, 0.6) is 0 Å². The highest BCUT2D eigenvalue weighted by molar-refractivity contribution is 5.96. The van der Waals surface area contributed by atoms with E-state index >= 15 is 0 Å². The maximum absolute atomic E-state index is 13.0. The second kappa shape index (κ2) is 6.94. The van der Waals surface area contributed by atoms with Gasteiger partial charge in [0.05, 0.1) is 0 Å². The monoisotopic (exact) mass is 289 g/mol. The lowest BCUT2D eigenvalue weighted by Crippen LogP contribution is -2.43. The van der Waals surface area contributed by atoms with Crippen molar-refractivity contribution in [3.63, 3.8) is 0 Å². The first kappa shape index (κ1) is 15.8. The molecule has 2 rings (SSSR count). The van der Waals surface area contributed by atoms with Crippen LogP contribution in [0, 0.1) is 6.92 Å². The number of rotatable bonds is 5. The van der Waals surface area contributed by atoms with E-state index in [2.05, 4.69) is 9.80 Å². The Morgan fingerprint density at radius 1 is 1.24 bits per heavy atom. The minimum Gasteiger partial charge on any atom is -0.399 e. The zero-order valence-electron chi connectivity index (χ0n) is 13.4. The maximum atomic E-state index is 13.0. The van der Waals surface area contributed by atoms with Crippen LogP contribution >= 0.6 is 0 Å². The summed E-state index contributed by atoms with van der Waals surface area (Å²) in [6.07, 6.45) is 4.71. The molecule has 4 heteroatoms. The fraction of sp³-hybridized carbons (Fsp3) is 0.588. The highest BCUT2D eigenvalue weighted by Gasteiger charge is 2.28. The number of benzene rings is 1. The molecule has 0 aromatic heterocycles. The Kier molecular flexibility index (Phi) is 5.23. The molecule has 0 unspecified atom stereocenters. The molecule has 0 aliphatic heterocycles. The van der Waals surface area contributed by atoms with E-state index in [0.29, 0.717) is 11.7 Å². The predicted molar refractivity (Wildman–Crippen MR) is 87.4 cm³/mol. The van der Waals surface area contributed by atoms with E-state index in [1.165, 1.54) is 12.8 Å². The average Bonchev–Trinajstić information content (AvgIpc) is 2.95. The fourth-order valence-electron chi connectivity index (χ4n) is 3.00. The smallest absolute Gasteiger partial charge is 0.254 e. The summed E-state index contributed by atoms with van der Waals surface area (Å²) in [5, 5.41) is 0. The zero-order valence-corrected chi connectivity index (χ0v) is 13.4. The highest BCUT2D eigenvalue weighted by Crippen LogP contribution is 2.26. The van der Waals surface area contributed by atoms with Crippen LogP contribution in [0.1, 0.15) is 41.6 Å². The number of nitrogens with two attached hydrogens (primary N) is 1. The number of hydrogen-bond donors (Lipinski definition) is 1. The Balaban J connectivity index is 2.21. The molecule has 1 fully saturated rings. The van der Waals surface area contributed by atoms with Crippen LogP contribution in [0.25, 0.3) is 0 Å². The first-order valence-corrected chi connectivity index (χ1v) is 7.81. The molecule has 116 valence electrons. The van der Waals surface area contributed by atoms with E-state index in [1.54, 1.807) is 0 Å². The van der Waals surface area contributed by atoms with Crippen molar-refractivity contribution in [1.29, 1.82) is 0 Å². The van der Waals surface area contributed by atoms with Gasteiger partial charge in [-0.2, -0.15) is 0 Å². The third kappa shape index (κ3) is 3.97. The second-order valence-electron chi connectivity index (χ2n) is 6.31. The van der Waals surface area contributed by atoms with E-state index in [1.807, 2.05) is 39.2 Å². The van der Waals surface area contributed by atoms with Crippen LogP contribution in [-0.2, 0) is 0 Å². The molecule has 2 N–H and O–H groups in total. The fourth-order valence-corrected chi connectivity index (χ4v) is 3.00. The van der Waals surface area contributed by atoms with Gasteiger partial charge in [-0.1, -0.05) is 18.9 Å². The van der Waals surface area contributed by atoms with Crippen LogP contribution in [0.15, 0.2) is 18.2 Å². The SMILES string of the molecule is Cc1ccc(N)cc1C(=O)N(CCN(C)C)C1CCCC1. The largest absolute Gasteiger partial charge is 0.399 e. The number of amides is 1. The summed E-state index contributed by atoms with van der Waals surface area (Å²) >= 11 is 0. The van der Waals surface area contributed by atoms with Crippen molar-refractivity contribution < 1.29 is 4.79 Å². The van der Waals surface area contributed by atoms with Crippen molar-refractivity contribution in [3.05, 3.63) is 29.3 Å². The van der Waals surface area contributed by atoms with Crippen molar-refractivity contribution in [1.82, 2.24) is 9.80 Å². The van der Waals surface area contributed by atoms with E-state index in [4.69, 9.17) is 5.73 Å². The molecule has 0 saturated heterocycles. The van der Waals surface area contributed by atoms with Crippen molar-refractivity contribution in [2.75, 3.05) is 32.9 Å². The summed E-state index contributed by atoms with van der Waals surface area (Å²) in [7, 11) is 4.09. The van der Waals surface area contributed by atoms with Gasteiger partial charge in [0, 0.05) is 30.4 Å². The third-order valence-corrected chi connectivity index (χ3v) is 4.31. The van der Waals surface area contributed by atoms with Gasteiger partial charge in [0.2, 0.25) is 0 Å². The lowest BCUT2D eigenvalue weighted by atomic mass is 10.0. The standard InChI is InChI=1S/C17H27N3O/c1-13-8-9-14(18)12-16(13)17(21)20(11-10-19(2)3)15-6-4-5-7-15/h8-9,12,15H,4-7,10-11,18H2,1-3H3. The number of hydrogen-bond acceptors (Lipinski definition) is 3. The molecule has 4 nitrogen and oxygen atoms in total. The first-order valence-electron chi connectivity index (χ1n) is 7.81. The van der Waals surface area contributed by atoms with Gasteiger partial charge in [-0.3, -0.25) is 4.79 Å². The molecule has 1 aromatic carbocycles. The molecule has 21 heavy (non-hydrogen) atoms. The molecule has 1 aromatic rings. The summed E-state index contributed by atoms with van der Waals surface area (Å²) in [5.41, 5.74) is 8.27. The van der Waals surface area contributed by atoms with Gasteiger partial charge in [-0.05, 0) is 51.6 Å². The van der Waals surface area contributed by atoms with Crippen molar-refractivity contribution in [2.45, 2.75) is 38.6 Å². The van der Waals surface area contributed by atoms with Gasteiger partial charge in [-0.25, -0.2) is 0 Å². The molecule has 1 saturated carbocycles. The number of aryl methyl sites for hydroxylation is 1. The molecule has 0 radical (unpaired) electrons. The Morgan fingerprint density at radius 2 is 1.90 bits per heavy atom. The van der Waals surface area contributed by atoms with Gasteiger partial charge in [0.1, 0.15) is 0 Å². The first-order chi connectivity index (χ1) is 9.99. The molecule has 0 atom stereocenters.